The van der Waals surface area contributed by atoms with Gasteiger partial charge in [0.2, 0.25) is 11.8 Å². The van der Waals surface area contributed by atoms with Gasteiger partial charge in [-0.05, 0) is 20.3 Å². The number of carbonyl (C=O) groups is 1. The lowest BCUT2D eigenvalue weighted by atomic mass is 10.1. The van der Waals surface area contributed by atoms with E-state index in [4.69, 9.17) is 0 Å². The van der Waals surface area contributed by atoms with Gasteiger partial charge in [0.1, 0.15) is 17.3 Å². The summed E-state index contributed by atoms with van der Waals surface area (Å²) in [7, 11) is 0. The fraction of sp³-hybridized carbons (Fsp3) is 0.412. The average Bonchev–Trinajstić information content (AvgIpc) is 3.17. The first-order valence-electron chi connectivity index (χ1n) is 8.97. The summed E-state index contributed by atoms with van der Waals surface area (Å²) in [5.41, 5.74) is -0.0411. The number of nitrogens with zero attached hydrogens (tertiary/aromatic N) is 6. The van der Waals surface area contributed by atoms with E-state index in [9.17, 15) is 31.9 Å². The van der Waals surface area contributed by atoms with Gasteiger partial charge in [0.25, 0.3) is 0 Å². The minimum Gasteiger partial charge on any atom is -0.493 e. The molecule has 0 spiro atoms. The molecule has 2 N–H and O–H groups in total. The third-order valence-electron chi connectivity index (χ3n) is 4.81. The fourth-order valence-electron chi connectivity index (χ4n) is 3.17. The Labute approximate surface area is 170 Å². The van der Waals surface area contributed by atoms with Crippen LogP contribution in [0.1, 0.15) is 36.3 Å². The average molecular weight is 443 g/mol. The molecule has 3 aromatic heterocycles. The van der Waals surface area contributed by atoms with Crippen LogP contribution in [0.15, 0.2) is 6.20 Å². The highest BCUT2D eigenvalue weighted by molar-refractivity contribution is 6.02. The number of hydrogen-bond acceptors (Lipinski definition) is 7. The molecule has 164 valence electrons. The quantitative estimate of drug-likeness (QED) is 0.596. The molecule has 0 fully saturated rings. The van der Waals surface area contributed by atoms with Crippen LogP contribution in [0.25, 0.3) is 17.2 Å². The predicted octanol–water partition coefficient (Wildman–Crippen LogP) is 2.78. The molecule has 0 saturated carbocycles. The number of aromatic hydroxyl groups is 1. The summed E-state index contributed by atoms with van der Waals surface area (Å²) in [5.74, 6) is -6.36. The molecular weight excluding hydrogens is 429 g/mol. The second kappa shape index (κ2) is 6.78. The fourth-order valence-corrected chi connectivity index (χ4v) is 3.17. The highest BCUT2D eigenvalue weighted by Crippen LogP contribution is 2.39. The van der Waals surface area contributed by atoms with E-state index in [1.807, 2.05) is 0 Å². The number of fused-ring (bicyclic) bond motifs is 2. The second-order valence-electron chi connectivity index (χ2n) is 7.05. The summed E-state index contributed by atoms with van der Waals surface area (Å²) in [6, 6.07) is 0. The van der Waals surface area contributed by atoms with Gasteiger partial charge in [-0.2, -0.15) is 32.0 Å². The van der Waals surface area contributed by atoms with Crippen molar-refractivity contribution in [1.82, 2.24) is 29.5 Å². The van der Waals surface area contributed by atoms with Gasteiger partial charge >= 0.3 is 12.1 Å². The van der Waals surface area contributed by atoms with Crippen LogP contribution < -0.4 is 5.32 Å². The SMILES string of the molecule is Cc1nc2c(CCC(F)(F)C(F)(F)F)nc(-c3nc(O)c4c(n3)NC(=O)[C@@H]4C)cn2n1. The second-order valence-corrected chi connectivity index (χ2v) is 7.05. The number of rotatable bonds is 4. The molecule has 4 rings (SSSR count). The van der Waals surface area contributed by atoms with Crippen LogP contribution in [-0.4, -0.2) is 52.7 Å². The maximum absolute atomic E-state index is 13.4. The Hall–Kier alpha value is -3.45. The zero-order valence-electron chi connectivity index (χ0n) is 16.0. The topological polar surface area (TPSA) is 118 Å². The largest absolute Gasteiger partial charge is 0.493 e. The first-order valence-corrected chi connectivity index (χ1v) is 8.97. The molecule has 1 atom stereocenters. The van der Waals surface area contributed by atoms with Crippen molar-refractivity contribution >= 4 is 17.4 Å². The predicted molar refractivity (Wildman–Crippen MR) is 94.6 cm³/mol. The number of halogens is 5. The molecule has 3 aromatic rings. The van der Waals surface area contributed by atoms with Crippen LogP contribution in [0.5, 0.6) is 5.88 Å². The lowest BCUT2D eigenvalue weighted by Gasteiger charge is -2.19. The van der Waals surface area contributed by atoms with E-state index in [1.165, 1.54) is 13.1 Å². The van der Waals surface area contributed by atoms with Gasteiger partial charge in [0.15, 0.2) is 11.5 Å². The number of nitrogens with one attached hydrogen (secondary N) is 1. The van der Waals surface area contributed by atoms with E-state index in [1.54, 1.807) is 6.92 Å². The molecule has 1 amide bonds. The van der Waals surface area contributed by atoms with Crippen molar-refractivity contribution in [1.29, 1.82) is 0 Å². The van der Waals surface area contributed by atoms with Crippen LogP contribution >= 0.6 is 0 Å². The molecular formula is C17H14F5N7O2. The molecule has 14 heteroatoms. The third kappa shape index (κ3) is 3.51. The molecule has 0 saturated heterocycles. The lowest BCUT2D eigenvalue weighted by molar-refractivity contribution is -0.284. The molecule has 31 heavy (non-hydrogen) atoms. The van der Waals surface area contributed by atoms with E-state index in [0.29, 0.717) is 0 Å². The van der Waals surface area contributed by atoms with Crippen LogP contribution in [0, 0.1) is 6.92 Å². The van der Waals surface area contributed by atoms with Crippen LogP contribution in [0.2, 0.25) is 0 Å². The van der Waals surface area contributed by atoms with Crippen LogP contribution in [-0.2, 0) is 11.2 Å². The maximum Gasteiger partial charge on any atom is 0.453 e. The summed E-state index contributed by atoms with van der Waals surface area (Å²) < 4.78 is 65.7. The van der Waals surface area contributed by atoms with Gasteiger partial charge in [0.05, 0.1) is 23.4 Å². The smallest absolute Gasteiger partial charge is 0.453 e. The Morgan fingerprint density at radius 2 is 1.87 bits per heavy atom. The number of anilines is 1. The van der Waals surface area contributed by atoms with Crippen molar-refractivity contribution in [3.05, 3.63) is 23.3 Å². The van der Waals surface area contributed by atoms with Gasteiger partial charge in [-0.3, -0.25) is 4.79 Å². The Kier molecular flexibility index (Phi) is 4.55. The molecule has 4 heterocycles. The van der Waals surface area contributed by atoms with Crippen LogP contribution in [0.4, 0.5) is 27.8 Å². The number of amides is 1. The summed E-state index contributed by atoms with van der Waals surface area (Å²) >= 11 is 0. The van der Waals surface area contributed by atoms with E-state index >= 15 is 0 Å². The Balaban J connectivity index is 1.78. The number of aromatic nitrogens is 6. The van der Waals surface area contributed by atoms with E-state index in [2.05, 4.69) is 30.4 Å². The van der Waals surface area contributed by atoms with Crippen molar-refractivity contribution in [2.24, 2.45) is 0 Å². The summed E-state index contributed by atoms with van der Waals surface area (Å²) in [6.07, 6.45) is -6.71. The number of hydrogen-bond donors (Lipinski definition) is 2. The molecule has 1 aliphatic rings. The Morgan fingerprint density at radius 3 is 2.55 bits per heavy atom. The standard InChI is InChI=1S/C17H14F5N7O2/c1-6-10-12(27-14(6)30)25-11(26-15(10)31)9-5-29-13(23-7(2)28-29)8(24-9)3-4-16(18,19)17(20,21)22/h5-6H,3-4H2,1-2H3,(H2,25,26,27,30,31)/t6-/m1/s1. The highest BCUT2D eigenvalue weighted by atomic mass is 19.4. The van der Waals surface area contributed by atoms with Crippen LogP contribution in [0.3, 0.4) is 0 Å². The number of carbonyl (C=O) groups excluding carboxylic acids is 1. The van der Waals surface area contributed by atoms with E-state index in [-0.39, 0.29) is 40.1 Å². The first kappa shape index (κ1) is 20.8. The normalized spacial score (nSPS) is 16.6. The molecule has 0 aromatic carbocycles. The Morgan fingerprint density at radius 1 is 1.16 bits per heavy atom. The monoisotopic (exact) mass is 443 g/mol. The third-order valence-corrected chi connectivity index (χ3v) is 4.81. The van der Waals surface area contributed by atoms with Crippen molar-refractivity contribution in [2.45, 2.75) is 44.7 Å². The van der Waals surface area contributed by atoms with Crippen molar-refractivity contribution in [3.8, 4) is 17.4 Å². The van der Waals surface area contributed by atoms with Gasteiger partial charge in [-0.15, -0.1) is 0 Å². The van der Waals surface area contributed by atoms with Gasteiger partial charge in [-0.1, -0.05) is 0 Å². The molecule has 0 radical (unpaired) electrons. The number of alkyl halides is 5. The van der Waals surface area contributed by atoms with Gasteiger partial charge in [0, 0.05) is 6.42 Å². The highest BCUT2D eigenvalue weighted by Gasteiger charge is 2.56. The molecule has 0 unspecified atom stereocenters. The Bertz CT molecular complexity index is 1210. The zero-order chi connectivity index (χ0) is 22.7. The van der Waals surface area contributed by atoms with Crippen molar-refractivity contribution in [3.63, 3.8) is 0 Å². The molecule has 1 aliphatic heterocycles. The van der Waals surface area contributed by atoms with Gasteiger partial charge < -0.3 is 10.4 Å². The summed E-state index contributed by atoms with van der Waals surface area (Å²) in [6.45, 7) is 3.06. The van der Waals surface area contributed by atoms with Crippen molar-refractivity contribution in [2.75, 3.05) is 5.32 Å². The zero-order valence-corrected chi connectivity index (χ0v) is 16.0. The molecule has 0 bridgehead atoms. The minimum absolute atomic E-state index is 0.00605. The maximum atomic E-state index is 13.4. The molecule has 0 aliphatic carbocycles. The van der Waals surface area contributed by atoms with E-state index < -0.39 is 42.6 Å². The minimum atomic E-state index is -5.70. The molecule has 9 nitrogen and oxygen atoms in total. The van der Waals surface area contributed by atoms with Crippen molar-refractivity contribution < 1.29 is 31.9 Å². The lowest BCUT2D eigenvalue weighted by Crippen LogP contribution is -2.36. The van der Waals surface area contributed by atoms with E-state index in [0.717, 1.165) is 4.52 Å². The first-order chi connectivity index (χ1) is 14.4. The summed E-state index contributed by atoms with van der Waals surface area (Å²) in [4.78, 5) is 28.0. The number of aryl methyl sites for hydroxylation is 2. The summed E-state index contributed by atoms with van der Waals surface area (Å²) in [5, 5.41) is 16.7. The van der Waals surface area contributed by atoms with Gasteiger partial charge in [-0.25, -0.2) is 19.5 Å².